The number of carbonyl (C=O) groups is 1. The summed E-state index contributed by atoms with van der Waals surface area (Å²) in [5, 5.41) is 3.61. The van der Waals surface area contributed by atoms with Crippen LogP contribution in [-0.4, -0.2) is 17.4 Å². The Morgan fingerprint density at radius 2 is 1.95 bits per heavy atom. The van der Waals surface area contributed by atoms with Gasteiger partial charge in [-0.2, -0.15) is 0 Å². The number of halogens is 1. The van der Waals surface area contributed by atoms with E-state index in [0.717, 1.165) is 29.8 Å². The zero-order valence-electron chi connectivity index (χ0n) is 11.6. The molecule has 0 spiro atoms. The second-order valence-corrected chi connectivity index (χ2v) is 5.15. The Balaban J connectivity index is 1.70. The third kappa shape index (κ3) is 4.76. The lowest BCUT2D eigenvalue weighted by Gasteiger charge is -2.06. The molecule has 21 heavy (non-hydrogen) atoms. The van der Waals surface area contributed by atoms with E-state index in [1.54, 1.807) is 0 Å². The number of H-pyrrole nitrogens is 1. The van der Waals surface area contributed by atoms with Crippen molar-refractivity contribution in [3.05, 3.63) is 69.1 Å². The predicted octanol–water partition coefficient (Wildman–Crippen LogP) is 2.78. The van der Waals surface area contributed by atoms with E-state index in [9.17, 15) is 9.59 Å². The summed E-state index contributed by atoms with van der Waals surface area (Å²) < 4.78 is 0. The monoisotopic (exact) mass is 304 g/mol. The van der Waals surface area contributed by atoms with Crippen LogP contribution < -0.4 is 10.9 Å². The van der Waals surface area contributed by atoms with E-state index in [1.165, 1.54) is 18.3 Å². The van der Waals surface area contributed by atoms with Crippen molar-refractivity contribution in [1.82, 2.24) is 10.3 Å². The van der Waals surface area contributed by atoms with Crippen LogP contribution in [0.2, 0.25) is 5.02 Å². The summed E-state index contributed by atoms with van der Waals surface area (Å²) in [6.45, 7) is 0.600. The van der Waals surface area contributed by atoms with Crippen molar-refractivity contribution in [2.24, 2.45) is 0 Å². The van der Waals surface area contributed by atoms with Crippen molar-refractivity contribution in [2.75, 3.05) is 6.54 Å². The first-order chi connectivity index (χ1) is 10.2. The molecule has 1 aromatic heterocycles. The lowest BCUT2D eigenvalue weighted by molar-refractivity contribution is 0.0952. The summed E-state index contributed by atoms with van der Waals surface area (Å²) in [4.78, 5) is 25.2. The number of hydrogen-bond donors (Lipinski definition) is 2. The van der Waals surface area contributed by atoms with Crippen molar-refractivity contribution in [3.8, 4) is 0 Å². The first-order valence-electron chi connectivity index (χ1n) is 6.87. The fourth-order valence-electron chi connectivity index (χ4n) is 2.00. The predicted molar refractivity (Wildman–Crippen MR) is 83.8 cm³/mol. The molecule has 1 heterocycles. The molecule has 2 N–H and O–H groups in total. The Labute approximate surface area is 128 Å². The molecule has 0 radical (unpaired) electrons. The molecule has 0 atom stereocenters. The van der Waals surface area contributed by atoms with Crippen LogP contribution in [0, 0.1) is 0 Å². The summed E-state index contributed by atoms with van der Waals surface area (Å²) in [6, 6.07) is 10.6. The lowest BCUT2D eigenvalue weighted by Crippen LogP contribution is -2.25. The molecule has 110 valence electrons. The quantitative estimate of drug-likeness (QED) is 0.806. The van der Waals surface area contributed by atoms with Crippen LogP contribution in [-0.2, 0) is 6.42 Å². The molecule has 0 aliphatic carbocycles. The van der Waals surface area contributed by atoms with Crippen LogP contribution in [0.1, 0.15) is 28.8 Å². The van der Waals surface area contributed by atoms with Crippen LogP contribution in [0.15, 0.2) is 47.4 Å². The number of hydrogen-bond acceptors (Lipinski definition) is 2. The number of aryl methyl sites for hydroxylation is 1. The second-order valence-electron chi connectivity index (χ2n) is 4.75. The molecule has 0 saturated carbocycles. The molecule has 1 amide bonds. The number of rotatable bonds is 6. The van der Waals surface area contributed by atoms with Gasteiger partial charge in [-0.15, -0.1) is 0 Å². The topological polar surface area (TPSA) is 62.0 Å². The van der Waals surface area contributed by atoms with Crippen molar-refractivity contribution >= 4 is 17.5 Å². The van der Waals surface area contributed by atoms with E-state index in [2.05, 4.69) is 10.3 Å². The highest BCUT2D eigenvalue weighted by atomic mass is 35.5. The van der Waals surface area contributed by atoms with E-state index >= 15 is 0 Å². The Morgan fingerprint density at radius 3 is 2.67 bits per heavy atom. The first kappa shape index (κ1) is 15.3. The highest BCUT2D eigenvalue weighted by Gasteiger charge is 2.04. The average Bonchev–Trinajstić information content (AvgIpc) is 2.49. The summed E-state index contributed by atoms with van der Waals surface area (Å²) in [5.74, 6) is -0.177. The number of aromatic nitrogens is 1. The zero-order valence-corrected chi connectivity index (χ0v) is 12.3. The van der Waals surface area contributed by atoms with Gasteiger partial charge in [0.05, 0.1) is 5.56 Å². The van der Waals surface area contributed by atoms with E-state index in [0.29, 0.717) is 12.1 Å². The van der Waals surface area contributed by atoms with E-state index < -0.39 is 0 Å². The molecule has 2 aromatic rings. The Hall–Kier alpha value is -2.07. The molecule has 5 heteroatoms. The largest absolute Gasteiger partial charge is 0.352 e. The number of benzene rings is 1. The van der Waals surface area contributed by atoms with Gasteiger partial charge < -0.3 is 10.3 Å². The minimum atomic E-state index is -0.216. The summed E-state index contributed by atoms with van der Waals surface area (Å²) in [5.41, 5.74) is 1.37. The van der Waals surface area contributed by atoms with E-state index in [1.807, 2.05) is 24.3 Å². The number of nitrogens with one attached hydrogen (secondary N) is 2. The van der Waals surface area contributed by atoms with Crippen LogP contribution >= 0.6 is 11.6 Å². The van der Waals surface area contributed by atoms with Gasteiger partial charge in [0, 0.05) is 23.8 Å². The minimum Gasteiger partial charge on any atom is -0.352 e. The van der Waals surface area contributed by atoms with Gasteiger partial charge in [-0.25, -0.2) is 0 Å². The molecule has 0 unspecified atom stereocenters. The molecule has 2 rings (SSSR count). The third-order valence-electron chi connectivity index (χ3n) is 3.16. The fraction of sp³-hybridized carbons (Fsp3) is 0.250. The van der Waals surface area contributed by atoms with Gasteiger partial charge in [0.25, 0.3) is 5.91 Å². The van der Waals surface area contributed by atoms with Gasteiger partial charge in [-0.05, 0) is 37.0 Å². The van der Waals surface area contributed by atoms with Crippen molar-refractivity contribution in [2.45, 2.75) is 19.3 Å². The van der Waals surface area contributed by atoms with Crippen LogP contribution in [0.3, 0.4) is 0 Å². The highest BCUT2D eigenvalue weighted by molar-refractivity contribution is 6.31. The maximum Gasteiger partial charge on any atom is 0.252 e. The van der Waals surface area contributed by atoms with E-state index in [-0.39, 0.29) is 11.5 Å². The van der Waals surface area contributed by atoms with Gasteiger partial charge in [-0.3, -0.25) is 9.59 Å². The lowest BCUT2D eigenvalue weighted by atomic mass is 10.1. The molecular formula is C16H17ClN2O2. The SMILES string of the molecule is O=C(NCCCCc1ccccc1Cl)c1ccc(=O)[nH]c1. The molecule has 0 fully saturated rings. The summed E-state index contributed by atoms with van der Waals surface area (Å²) >= 11 is 6.08. The normalized spacial score (nSPS) is 10.3. The van der Waals surface area contributed by atoms with Crippen molar-refractivity contribution in [3.63, 3.8) is 0 Å². The van der Waals surface area contributed by atoms with Gasteiger partial charge in [0.15, 0.2) is 0 Å². The van der Waals surface area contributed by atoms with Crippen molar-refractivity contribution in [1.29, 1.82) is 0 Å². The third-order valence-corrected chi connectivity index (χ3v) is 3.53. The van der Waals surface area contributed by atoms with Crippen molar-refractivity contribution < 1.29 is 4.79 Å². The van der Waals surface area contributed by atoms with Gasteiger partial charge in [0.2, 0.25) is 5.56 Å². The van der Waals surface area contributed by atoms with Crippen LogP contribution in [0.5, 0.6) is 0 Å². The zero-order chi connectivity index (χ0) is 15.1. The maximum absolute atomic E-state index is 11.8. The second kappa shape index (κ2) is 7.64. The molecule has 1 aromatic carbocycles. The van der Waals surface area contributed by atoms with Gasteiger partial charge in [-0.1, -0.05) is 29.8 Å². The van der Waals surface area contributed by atoms with Crippen LogP contribution in [0.25, 0.3) is 0 Å². The molecule has 0 bridgehead atoms. The minimum absolute atomic E-state index is 0.177. The standard InChI is InChI=1S/C16H17ClN2O2/c17-14-7-2-1-5-12(14)6-3-4-10-18-16(21)13-8-9-15(20)19-11-13/h1-2,5,7-9,11H,3-4,6,10H2,(H,18,21)(H,19,20). The highest BCUT2D eigenvalue weighted by Crippen LogP contribution is 2.16. The molecule has 0 aliphatic heterocycles. The average molecular weight is 305 g/mol. The number of unbranched alkanes of at least 4 members (excludes halogenated alkanes) is 1. The Morgan fingerprint density at radius 1 is 1.14 bits per heavy atom. The Kier molecular flexibility index (Phi) is 5.58. The Bertz CT molecular complexity index is 647. The fourth-order valence-corrected chi connectivity index (χ4v) is 2.23. The summed E-state index contributed by atoms with van der Waals surface area (Å²) in [6.07, 6.45) is 4.14. The molecular weight excluding hydrogens is 288 g/mol. The molecule has 0 aliphatic rings. The number of pyridine rings is 1. The summed E-state index contributed by atoms with van der Waals surface area (Å²) in [7, 11) is 0. The maximum atomic E-state index is 11.8. The number of carbonyl (C=O) groups excluding carboxylic acids is 1. The van der Waals surface area contributed by atoms with Gasteiger partial charge in [0.1, 0.15) is 0 Å². The van der Waals surface area contributed by atoms with Gasteiger partial charge >= 0.3 is 0 Å². The molecule has 0 saturated heterocycles. The number of aromatic amines is 1. The van der Waals surface area contributed by atoms with E-state index in [4.69, 9.17) is 11.6 Å². The number of amides is 1. The molecule has 4 nitrogen and oxygen atoms in total. The first-order valence-corrected chi connectivity index (χ1v) is 7.25. The smallest absolute Gasteiger partial charge is 0.252 e. The van der Waals surface area contributed by atoms with Crippen LogP contribution in [0.4, 0.5) is 0 Å².